The molecule has 0 aliphatic rings. The minimum Gasteiger partial charge on any atom is -0.310 e. The Kier molecular flexibility index (Phi) is 10.2. The van der Waals surface area contributed by atoms with E-state index in [0.29, 0.717) is 0 Å². The first-order valence-electron chi connectivity index (χ1n) is 21.7. The molecule has 2 aromatic heterocycles. The fourth-order valence-electron chi connectivity index (χ4n) is 8.80. The van der Waals surface area contributed by atoms with E-state index in [9.17, 15) is 0 Å². The van der Waals surface area contributed by atoms with Gasteiger partial charge in [0.1, 0.15) is 0 Å². The van der Waals surface area contributed by atoms with Crippen molar-refractivity contribution in [3.8, 4) is 44.8 Å². The number of hydrogen-bond acceptors (Lipinski definition) is 4. The fraction of sp³-hybridized carbons (Fsp3) is 0. The van der Waals surface area contributed by atoms with Gasteiger partial charge in [-0.15, -0.1) is 0 Å². The Morgan fingerprint density at radius 2 is 0.516 bits per heavy atom. The molecule has 0 unspecified atom stereocenters. The highest BCUT2D eigenvalue weighted by Crippen LogP contribution is 2.42. The second-order valence-corrected chi connectivity index (χ2v) is 15.8. The van der Waals surface area contributed by atoms with Crippen molar-refractivity contribution in [2.75, 3.05) is 9.80 Å². The molecule has 0 N–H and O–H groups in total. The molecule has 11 aromatic rings. The molecule has 2 heterocycles. The van der Waals surface area contributed by atoms with Crippen LogP contribution in [-0.4, -0.2) is 9.97 Å². The summed E-state index contributed by atoms with van der Waals surface area (Å²) in [6.07, 6.45) is 0. The average Bonchev–Trinajstić information content (AvgIpc) is 3.38. The summed E-state index contributed by atoms with van der Waals surface area (Å²) in [4.78, 5) is 15.8. The van der Waals surface area contributed by atoms with E-state index in [1.54, 1.807) is 0 Å². The third-order valence-corrected chi connectivity index (χ3v) is 11.8. The van der Waals surface area contributed by atoms with Crippen LogP contribution < -0.4 is 9.80 Å². The van der Waals surface area contributed by atoms with E-state index in [-0.39, 0.29) is 0 Å². The number of pyridine rings is 2. The Balaban J connectivity index is 1.14. The van der Waals surface area contributed by atoms with Crippen molar-refractivity contribution in [2.24, 2.45) is 0 Å². The molecular formula is C60H42N4. The first kappa shape index (κ1) is 38.3. The molecule has 64 heavy (non-hydrogen) atoms. The first-order valence-corrected chi connectivity index (χ1v) is 21.7. The molecule has 0 bridgehead atoms. The van der Waals surface area contributed by atoms with Gasteiger partial charge in [-0.05, 0) is 107 Å². The first-order chi connectivity index (χ1) is 31.7. The van der Waals surface area contributed by atoms with Crippen molar-refractivity contribution in [2.45, 2.75) is 0 Å². The summed E-state index contributed by atoms with van der Waals surface area (Å²) in [7, 11) is 0. The molecule has 0 amide bonds. The van der Waals surface area contributed by atoms with Gasteiger partial charge in [0.25, 0.3) is 0 Å². The minimum absolute atomic E-state index is 0.854. The maximum Gasteiger partial charge on any atom is 0.0978 e. The third-order valence-electron chi connectivity index (χ3n) is 11.8. The van der Waals surface area contributed by atoms with E-state index in [0.717, 1.165) is 101 Å². The van der Waals surface area contributed by atoms with Crippen molar-refractivity contribution >= 4 is 55.9 Å². The Labute approximate surface area is 373 Å². The van der Waals surface area contributed by atoms with E-state index in [1.807, 2.05) is 0 Å². The van der Waals surface area contributed by atoms with Gasteiger partial charge in [0.05, 0.1) is 22.4 Å². The van der Waals surface area contributed by atoms with Crippen LogP contribution in [0.15, 0.2) is 255 Å². The van der Waals surface area contributed by atoms with Crippen molar-refractivity contribution in [1.82, 2.24) is 9.97 Å². The van der Waals surface area contributed by atoms with Gasteiger partial charge < -0.3 is 9.80 Å². The van der Waals surface area contributed by atoms with Gasteiger partial charge in [0, 0.05) is 56.0 Å². The summed E-state index contributed by atoms with van der Waals surface area (Å²) in [6.45, 7) is 0. The molecule has 0 fully saturated rings. The van der Waals surface area contributed by atoms with Crippen molar-refractivity contribution < 1.29 is 0 Å². The minimum atomic E-state index is 0.854. The summed E-state index contributed by atoms with van der Waals surface area (Å²) in [5.41, 5.74) is 16.3. The average molecular weight is 819 g/mol. The molecule has 0 spiro atoms. The summed E-state index contributed by atoms with van der Waals surface area (Å²) < 4.78 is 0. The van der Waals surface area contributed by atoms with Crippen LogP contribution in [0.5, 0.6) is 0 Å². The van der Waals surface area contributed by atoms with Gasteiger partial charge in [-0.25, -0.2) is 9.97 Å². The third kappa shape index (κ3) is 7.44. The predicted octanol–water partition coefficient (Wildman–Crippen LogP) is 16.4. The molecular weight excluding hydrogens is 777 g/mol. The Morgan fingerprint density at radius 1 is 0.234 bits per heavy atom. The molecule has 0 saturated carbocycles. The van der Waals surface area contributed by atoms with Crippen molar-refractivity contribution in [1.29, 1.82) is 0 Å². The normalized spacial score (nSPS) is 11.1. The molecule has 302 valence electrons. The van der Waals surface area contributed by atoms with Gasteiger partial charge in [-0.2, -0.15) is 0 Å². The standard InChI is InChI=1S/C60H42N4/c1-7-21-43(22-8-1)55-41-57(45-25-19-35-51(39-45)63(47-27-11-3-12-28-47)48-29-13-4-14-30-48)61-59-53(55)37-38-54-56(44-23-9-2-10-24-44)42-58(62-60(54)59)46-26-20-36-52(40-46)64(49-31-15-5-16-32-49)50-33-17-6-18-34-50/h1-42H. The van der Waals surface area contributed by atoms with Crippen LogP contribution in [0.4, 0.5) is 34.1 Å². The smallest absolute Gasteiger partial charge is 0.0978 e. The van der Waals surface area contributed by atoms with Gasteiger partial charge in [0.15, 0.2) is 0 Å². The predicted molar refractivity (Wildman–Crippen MR) is 268 cm³/mol. The van der Waals surface area contributed by atoms with Crippen LogP contribution in [0.3, 0.4) is 0 Å². The number of aromatic nitrogens is 2. The van der Waals surface area contributed by atoms with Gasteiger partial charge in [-0.3, -0.25) is 0 Å². The lowest BCUT2D eigenvalue weighted by atomic mass is 9.93. The lowest BCUT2D eigenvalue weighted by molar-refractivity contribution is 1.28. The number of fused-ring (bicyclic) bond motifs is 3. The van der Waals surface area contributed by atoms with E-state index >= 15 is 0 Å². The van der Waals surface area contributed by atoms with E-state index < -0.39 is 0 Å². The summed E-state index contributed by atoms with van der Waals surface area (Å²) in [5, 5.41) is 2.09. The number of nitrogens with zero attached hydrogens (tertiary/aromatic N) is 4. The zero-order valence-corrected chi connectivity index (χ0v) is 35.0. The molecule has 0 aliphatic carbocycles. The van der Waals surface area contributed by atoms with Crippen LogP contribution in [0.1, 0.15) is 0 Å². The van der Waals surface area contributed by atoms with Crippen molar-refractivity contribution in [3.63, 3.8) is 0 Å². The van der Waals surface area contributed by atoms with Crippen LogP contribution in [0.2, 0.25) is 0 Å². The number of para-hydroxylation sites is 4. The molecule has 4 heteroatoms. The zero-order chi connectivity index (χ0) is 42.7. The largest absolute Gasteiger partial charge is 0.310 e. The van der Waals surface area contributed by atoms with Gasteiger partial charge in [-0.1, -0.05) is 170 Å². The van der Waals surface area contributed by atoms with Gasteiger partial charge in [0.2, 0.25) is 0 Å². The molecule has 0 radical (unpaired) electrons. The lowest BCUT2D eigenvalue weighted by Gasteiger charge is -2.26. The van der Waals surface area contributed by atoms with Crippen LogP contribution in [0.25, 0.3) is 66.6 Å². The molecule has 11 rings (SSSR count). The fourth-order valence-corrected chi connectivity index (χ4v) is 8.80. The monoisotopic (exact) mass is 818 g/mol. The van der Waals surface area contributed by atoms with E-state index in [1.165, 1.54) is 0 Å². The summed E-state index contributed by atoms with van der Waals surface area (Å²) >= 11 is 0. The van der Waals surface area contributed by atoms with E-state index in [4.69, 9.17) is 9.97 Å². The summed E-state index contributed by atoms with van der Waals surface area (Å²) in [6, 6.07) is 89.7. The summed E-state index contributed by atoms with van der Waals surface area (Å²) in [5.74, 6) is 0. The maximum atomic E-state index is 5.61. The Hall–Kier alpha value is -8.60. The van der Waals surface area contributed by atoms with E-state index in [2.05, 4.69) is 265 Å². The topological polar surface area (TPSA) is 32.3 Å². The highest BCUT2D eigenvalue weighted by Gasteiger charge is 2.20. The second kappa shape index (κ2) is 17.0. The molecule has 0 saturated heterocycles. The highest BCUT2D eigenvalue weighted by molar-refractivity contribution is 6.13. The molecule has 0 aliphatic heterocycles. The quantitative estimate of drug-likeness (QED) is 0.129. The van der Waals surface area contributed by atoms with Crippen LogP contribution in [-0.2, 0) is 0 Å². The number of benzene rings is 9. The lowest BCUT2D eigenvalue weighted by Crippen LogP contribution is -2.09. The SMILES string of the molecule is c1ccc(-c2cc(-c3cccc(N(c4ccccc4)c4ccccc4)c3)nc3c2ccc2c(-c4ccccc4)cc(-c4cccc(N(c5ccccc5)c5ccccc5)c4)nc23)cc1. The Bertz CT molecular complexity index is 3050. The highest BCUT2D eigenvalue weighted by atomic mass is 15.1. The Morgan fingerprint density at radius 3 is 0.844 bits per heavy atom. The second-order valence-electron chi connectivity index (χ2n) is 15.8. The zero-order valence-electron chi connectivity index (χ0n) is 35.0. The molecule has 0 atom stereocenters. The molecule has 9 aromatic carbocycles. The number of anilines is 6. The number of rotatable bonds is 10. The maximum absolute atomic E-state index is 5.61. The van der Waals surface area contributed by atoms with Gasteiger partial charge >= 0.3 is 0 Å². The molecule has 4 nitrogen and oxygen atoms in total. The van der Waals surface area contributed by atoms with Crippen molar-refractivity contribution in [3.05, 3.63) is 255 Å². The number of hydrogen-bond donors (Lipinski definition) is 0. The van der Waals surface area contributed by atoms with Crippen LogP contribution in [0, 0.1) is 0 Å². The van der Waals surface area contributed by atoms with Crippen LogP contribution >= 0.6 is 0 Å².